The molecular weight excluding hydrogens is 236 g/mol. The molecule has 0 radical (unpaired) electrons. The number of anilines is 1. The first-order valence-corrected chi connectivity index (χ1v) is 5.92. The fraction of sp³-hybridized carbons (Fsp3) is 0.182. The molecule has 0 aliphatic carbocycles. The molecule has 2 rings (SSSR count). The third kappa shape index (κ3) is 3.25. The fourth-order valence-electron chi connectivity index (χ4n) is 1.27. The zero-order chi connectivity index (χ0) is 12.3. The van der Waals surface area contributed by atoms with E-state index in [9.17, 15) is 4.79 Å². The second kappa shape index (κ2) is 4.92. The predicted molar refractivity (Wildman–Crippen MR) is 67.7 cm³/mol. The lowest BCUT2D eigenvalue weighted by molar-refractivity contribution is -0.111. The zero-order valence-electron chi connectivity index (χ0n) is 9.54. The number of hydrogen-bond donors (Lipinski definition) is 1. The second-order valence-corrected chi connectivity index (χ2v) is 4.55. The minimum atomic E-state index is -0.214. The summed E-state index contributed by atoms with van der Waals surface area (Å²) in [5.74, 6) is 0.325. The van der Waals surface area contributed by atoms with E-state index in [1.165, 1.54) is 6.08 Å². The van der Waals surface area contributed by atoms with Crippen molar-refractivity contribution in [2.75, 3.05) is 5.32 Å². The molecule has 2 aromatic rings. The number of carbonyl (C=O) groups excluding carboxylic acids is 1. The fourth-order valence-corrected chi connectivity index (χ4v) is 1.85. The molecule has 2 heterocycles. The van der Waals surface area contributed by atoms with Gasteiger partial charge in [0.15, 0.2) is 5.82 Å². The second-order valence-electron chi connectivity index (χ2n) is 3.49. The van der Waals surface area contributed by atoms with Crippen LogP contribution in [-0.2, 0) is 11.8 Å². The van der Waals surface area contributed by atoms with Crippen molar-refractivity contribution in [3.05, 3.63) is 34.4 Å². The van der Waals surface area contributed by atoms with Crippen LogP contribution in [-0.4, -0.2) is 20.7 Å². The number of nitrogens with one attached hydrogen (secondary N) is 1. The van der Waals surface area contributed by atoms with E-state index in [0.717, 1.165) is 10.7 Å². The molecule has 2 aromatic heterocycles. The standard InChI is InChI=1S/C11H12N4OS/c1-8-12-9(7-17-8)3-4-11(16)13-10-5-6-15(2)14-10/h3-7H,1-2H3,(H,13,14,16)/b4-3+. The topological polar surface area (TPSA) is 59.8 Å². The van der Waals surface area contributed by atoms with E-state index in [1.54, 1.807) is 41.4 Å². The van der Waals surface area contributed by atoms with E-state index in [0.29, 0.717) is 5.82 Å². The molecule has 6 heteroatoms. The maximum Gasteiger partial charge on any atom is 0.249 e. The number of aryl methyl sites for hydroxylation is 2. The summed E-state index contributed by atoms with van der Waals surface area (Å²) < 4.78 is 1.63. The minimum absolute atomic E-state index is 0.214. The van der Waals surface area contributed by atoms with Crippen LogP contribution in [0.1, 0.15) is 10.7 Å². The van der Waals surface area contributed by atoms with Gasteiger partial charge in [0.05, 0.1) is 10.7 Å². The largest absolute Gasteiger partial charge is 0.306 e. The maximum absolute atomic E-state index is 11.5. The Bertz CT molecular complexity index is 555. The molecule has 0 atom stereocenters. The number of carbonyl (C=O) groups is 1. The number of rotatable bonds is 3. The van der Waals surface area contributed by atoms with Gasteiger partial charge in [-0.15, -0.1) is 11.3 Å². The van der Waals surface area contributed by atoms with Crippen LogP contribution >= 0.6 is 11.3 Å². The lowest BCUT2D eigenvalue weighted by Gasteiger charge is -1.95. The quantitative estimate of drug-likeness (QED) is 0.843. The van der Waals surface area contributed by atoms with Crippen LogP contribution in [0.3, 0.4) is 0 Å². The van der Waals surface area contributed by atoms with Crippen LogP contribution in [0, 0.1) is 6.92 Å². The van der Waals surface area contributed by atoms with Gasteiger partial charge in [-0.1, -0.05) is 0 Å². The highest BCUT2D eigenvalue weighted by Gasteiger charge is 2.00. The van der Waals surface area contributed by atoms with Gasteiger partial charge in [-0.25, -0.2) is 4.98 Å². The number of thiazole rings is 1. The average Bonchev–Trinajstić information content (AvgIpc) is 2.85. The van der Waals surface area contributed by atoms with Crippen LogP contribution in [0.15, 0.2) is 23.7 Å². The summed E-state index contributed by atoms with van der Waals surface area (Å²) in [6.07, 6.45) is 4.90. The molecular formula is C11H12N4OS. The van der Waals surface area contributed by atoms with E-state index in [4.69, 9.17) is 0 Å². The molecule has 88 valence electrons. The Hall–Kier alpha value is -1.95. The molecule has 0 unspecified atom stereocenters. The van der Waals surface area contributed by atoms with Gasteiger partial charge in [0.25, 0.3) is 0 Å². The van der Waals surface area contributed by atoms with Gasteiger partial charge in [0.1, 0.15) is 0 Å². The lowest BCUT2D eigenvalue weighted by atomic mass is 10.4. The highest BCUT2D eigenvalue weighted by molar-refractivity contribution is 7.09. The van der Waals surface area contributed by atoms with Crippen molar-refractivity contribution in [2.24, 2.45) is 7.05 Å². The highest BCUT2D eigenvalue weighted by atomic mass is 32.1. The summed E-state index contributed by atoms with van der Waals surface area (Å²) in [4.78, 5) is 15.8. The van der Waals surface area contributed by atoms with Crippen molar-refractivity contribution in [3.63, 3.8) is 0 Å². The zero-order valence-corrected chi connectivity index (χ0v) is 10.4. The van der Waals surface area contributed by atoms with Crippen molar-refractivity contribution in [3.8, 4) is 0 Å². The minimum Gasteiger partial charge on any atom is -0.306 e. The number of aromatic nitrogens is 3. The van der Waals surface area contributed by atoms with Crippen molar-refractivity contribution in [1.29, 1.82) is 0 Å². The summed E-state index contributed by atoms with van der Waals surface area (Å²) in [6.45, 7) is 1.93. The normalized spacial score (nSPS) is 10.9. The van der Waals surface area contributed by atoms with E-state index < -0.39 is 0 Å². The van der Waals surface area contributed by atoms with Crippen molar-refractivity contribution >= 4 is 29.1 Å². The third-order valence-electron chi connectivity index (χ3n) is 2.01. The van der Waals surface area contributed by atoms with E-state index >= 15 is 0 Å². The van der Waals surface area contributed by atoms with E-state index in [2.05, 4.69) is 15.4 Å². The van der Waals surface area contributed by atoms with E-state index in [1.807, 2.05) is 12.3 Å². The Morgan fingerprint density at radius 1 is 1.59 bits per heavy atom. The SMILES string of the molecule is Cc1nc(/C=C/C(=O)Nc2ccn(C)n2)cs1. The van der Waals surface area contributed by atoms with Gasteiger partial charge in [0.2, 0.25) is 5.91 Å². The molecule has 0 spiro atoms. The molecule has 0 bridgehead atoms. The molecule has 0 saturated carbocycles. The van der Waals surface area contributed by atoms with Crippen LogP contribution < -0.4 is 5.32 Å². The van der Waals surface area contributed by atoms with Gasteiger partial charge in [-0.05, 0) is 13.0 Å². The van der Waals surface area contributed by atoms with Crippen LogP contribution in [0.25, 0.3) is 6.08 Å². The average molecular weight is 248 g/mol. The van der Waals surface area contributed by atoms with Crippen molar-refractivity contribution in [2.45, 2.75) is 6.92 Å². The highest BCUT2D eigenvalue weighted by Crippen LogP contribution is 2.09. The van der Waals surface area contributed by atoms with Crippen LogP contribution in [0.2, 0.25) is 0 Å². The van der Waals surface area contributed by atoms with Gasteiger partial charge in [0, 0.05) is 30.8 Å². The van der Waals surface area contributed by atoms with Crippen LogP contribution in [0.5, 0.6) is 0 Å². The Kier molecular flexibility index (Phi) is 3.34. The first-order valence-electron chi connectivity index (χ1n) is 5.04. The summed E-state index contributed by atoms with van der Waals surface area (Å²) >= 11 is 1.55. The Morgan fingerprint density at radius 2 is 2.41 bits per heavy atom. The summed E-state index contributed by atoms with van der Waals surface area (Å²) in [7, 11) is 1.80. The monoisotopic (exact) mass is 248 g/mol. The molecule has 0 aromatic carbocycles. The molecule has 5 nitrogen and oxygen atoms in total. The van der Waals surface area contributed by atoms with E-state index in [-0.39, 0.29) is 5.91 Å². The number of hydrogen-bond acceptors (Lipinski definition) is 4. The molecule has 1 amide bonds. The summed E-state index contributed by atoms with van der Waals surface area (Å²) in [6, 6.07) is 1.73. The number of nitrogens with zero attached hydrogens (tertiary/aromatic N) is 3. The van der Waals surface area contributed by atoms with Gasteiger partial charge in [-0.2, -0.15) is 5.10 Å². The lowest BCUT2D eigenvalue weighted by Crippen LogP contribution is -2.08. The summed E-state index contributed by atoms with van der Waals surface area (Å²) in [5, 5.41) is 9.59. The Labute approximate surface area is 103 Å². The number of amides is 1. The van der Waals surface area contributed by atoms with Gasteiger partial charge < -0.3 is 5.32 Å². The first kappa shape index (κ1) is 11.5. The maximum atomic E-state index is 11.5. The molecule has 1 N–H and O–H groups in total. The smallest absolute Gasteiger partial charge is 0.249 e. The molecule has 0 saturated heterocycles. The summed E-state index contributed by atoms with van der Waals surface area (Å²) in [5.41, 5.74) is 0.795. The third-order valence-corrected chi connectivity index (χ3v) is 2.80. The Balaban J connectivity index is 1.95. The molecule has 0 aliphatic heterocycles. The van der Waals surface area contributed by atoms with Gasteiger partial charge >= 0.3 is 0 Å². The van der Waals surface area contributed by atoms with Crippen LogP contribution in [0.4, 0.5) is 5.82 Å². The van der Waals surface area contributed by atoms with Crippen molar-refractivity contribution < 1.29 is 4.79 Å². The molecule has 17 heavy (non-hydrogen) atoms. The predicted octanol–water partition coefficient (Wildman–Crippen LogP) is 1.84. The molecule has 0 fully saturated rings. The van der Waals surface area contributed by atoms with Gasteiger partial charge in [-0.3, -0.25) is 9.48 Å². The Morgan fingerprint density at radius 3 is 3.00 bits per heavy atom. The molecule has 0 aliphatic rings. The van der Waals surface area contributed by atoms with Crippen molar-refractivity contribution in [1.82, 2.24) is 14.8 Å². The first-order chi connectivity index (χ1) is 8.13.